The first-order valence-corrected chi connectivity index (χ1v) is 4.24. The molecule has 0 aromatic carbocycles. The maximum atomic E-state index is 9.16. The highest BCUT2D eigenvalue weighted by Gasteiger charge is 2.26. The summed E-state index contributed by atoms with van der Waals surface area (Å²) >= 11 is 0. The number of aromatic amines is 1. The molecule has 13 heavy (non-hydrogen) atoms. The Morgan fingerprint density at radius 2 is 2.23 bits per heavy atom. The third-order valence-electron chi connectivity index (χ3n) is 2.49. The molecular weight excluding hydrogens is 168 g/mol. The van der Waals surface area contributed by atoms with Crippen LogP contribution in [0.5, 0.6) is 0 Å². The molecule has 0 bridgehead atoms. The zero-order valence-corrected chi connectivity index (χ0v) is 7.20. The van der Waals surface area contributed by atoms with Gasteiger partial charge in [0.1, 0.15) is 0 Å². The van der Waals surface area contributed by atoms with Crippen molar-refractivity contribution >= 4 is 12.2 Å². The molecule has 3 N–H and O–H groups in total. The van der Waals surface area contributed by atoms with Crippen LogP contribution in [0.15, 0.2) is 6.33 Å². The van der Waals surface area contributed by atoms with Gasteiger partial charge in [-0.05, 0) is 12.5 Å². The highest BCUT2D eigenvalue weighted by atomic mass is 16.3. The largest absolute Gasteiger partial charge is 0.395 e. The minimum atomic E-state index is -0.526. The Morgan fingerprint density at radius 1 is 1.46 bits per heavy atom. The Labute approximate surface area is 75.3 Å². The zero-order chi connectivity index (χ0) is 9.31. The van der Waals surface area contributed by atoms with Crippen molar-refractivity contribution in [3.8, 4) is 0 Å². The second-order valence-corrected chi connectivity index (χ2v) is 3.43. The van der Waals surface area contributed by atoms with Gasteiger partial charge in [0.15, 0.2) is 0 Å². The lowest BCUT2D eigenvalue weighted by Crippen LogP contribution is -2.38. The van der Waals surface area contributed by atoms with Gasteiger partial charge in [-0.2, -0.15) is 0 Å². The Hall–Kier alpha value is -1.13. The van der Waals surface area contributed by atoms with Crippen molar-refractivity contribution in [1.82, 2.24) is 9.97 Å². The van der Waals surface area contributed by atoms with Gasteiger partial charge in [0.25, 0.3) is 0 Å². The lowest BCUT2D eigenvalue weighted by Gasteiger charge is -2.25. The number of hydrogen-bond donors (Lipinski definition) is 3. The Morgan fingerprint density at radius 3 is 2.92 bits per heavy atom. The van der Waals surface area contributed by atoms with Crippen molar-refractivity contribution in [3.05, 3.63) is 17.0 Å². The van der Waals surface area contributed by atoms with Crippen LogP contribution >= 0.6 is 0 Å². The molecule has 1 aliphatic rings. The number of H-pyrrole nitrogens is 1. The summed E-state index contributed by atoms with van der Waals surface area (Å²) in [6, 6.07) is 0. The topological polar surface area (TPSA) is 69.1 Å². The first-order valence-electron chi connectivity index (χ1n) is 4.24. The first kappa shape index (κ1) is 8.47. The van der Waals surface area contributed by atoms with E-state index in [0.717, 1.165) is 10.7 Å². The maximum absolute atomic E-state index is 9.16. The van der Waals surface area contributed by atoms with E-state index in [1.54, 1.807) is 6.33 Å². The van der Waals surface area contributed by atoms with Gasteiger partial charge in [-0.15, -0.1) is 0 Å². The summed E-state index contributed by atoms with van der Waals surface area (Å²) < 4.78 is 0. The smallest absolute Gasteiger partial charge is 0.0931 e. The van der Waals surface area contributed by atoms with E-state index in [4.69, 9.17) is 10.2 Å². The Kier molecular flexibility index (Phi) is 1.94. The van der Waals surface area contributed by atoms with E-state index in [1.807, 2.05) is 12.2 Å². The number of nitrogens with one attached hydrogen (secondary N) is 1. The van der Waals surface area contributed by atoms with Crippen molar-refractivity contribution in [2.24, 2.45) is 5.41 Å². The van der Waals surface area contributed by atoms with E-state index in [9.17, 15) is 0 Å². The van der Waals surface area contributed by atoms with Crippen LogP contribution in [0.2, 0.25) is 0 Å². The molecule has 0 atom stereocenters. The second-order valence-electron chi connectivity index (χ2n) is 3.43. The molecule has 2 rings (SSSR count). The number of rotatable bonds is 2. The molecule has 0 saturated carbocycles. The van der Waals surface area contributed by atoms with E-state index in [0.29, 0.717) is 6.42 Å². The van der Waals surface area contributed by atoms with Crippen LogP contribution in [0.4, 0.5) is 0 Å². The molecule has 1 heterocycles. The summed E-state index contributed by atoms with van der Waals surface area (Å²) in [6.45, 7) is -0.0986. The van der Waals surface area contributed by atoms with Crippen molar-refractivity contribution in [1.29, 1.82) is 0 Å². The molecule has 0 saturated heterocycles. The minimum absolute atomic E-state index is 0.0493. The first-order chi connectivity index (χ1) is 6.29. The fourth-order valence-corrected chi connectivity index (χ4v) is 1.52. The summed E-state index contributed by atoms with van der Waals surface area (Å²) in [4.78, 5) is 7.07. The highest BCUT2D eigenvalue weighted by Crippen LogP contribution is 2.24. The molecule has 70 valence electrons. The van der Waals surface area contributed by atoms with Crippen molar-refractivity contribution in [3.63, 3.8) is 0 Å². The zero-order valence-electron chi connectivity index (χ0n) is 7.20. The maximum Gasteiger partial charge on any atom is 0.0931 e. The molecule has 0 radical (unpaired) electrons. The highest BCUT2D eigenvalue weighted by molar-refractivity contribution is 5.41. The van der Waals surface area contributed by atoms with Crippen LogP contribution in [0, 0.1) is 5.41 Å². The molecule has 4 nitrogen and oxygen atoms in total. The SMILES string of the molecule is OCC1(CO)C=c2nc[nH]c2=CC1. The predicted octanol–water partition coefficient (Wildman–Crippen LogP) is -1.65. The number of aromatic nitrogens is 2. The van der Waals surface area contributed by atoms with Crippen LogP contribution in [-0.4, -0.2) is 33.4 Å². The number of aliphatic hydroxyl groups is 2. The van der Waals surface area contributed by atoms with Crippen molar-refractivity contribution < 1.29 is 10.2 Å². The van der Waals surface area contributed by atoms with Gasteiger partial charge in [0.2, 0.25) is 0 Å². The van der Waals surface area contributed by atoms with Gasteiger partial charge in [-0.3, -0.25) is 0 Å². The summed E-state index contributed by atoms with van der Waals surface area (Å²) in [7, 11) is 0. The summed E-state index contributed by atoms with van der Waals surface area (Å²) in [5, 5.41) is 20.1. The Balaban J connectivity index is 2.54. The van der Waals surface area contributed by atoms with Crippen LogP contribution < -0.4 is 10.7 Å². The molecule has 0 spiro atoms. The van der Waals surface area contributed by atoms with Crippen LogP contribution in [0.3, 0.4) is 0 Å². The van der Waals surface area contributed by atoms with Gasteiger partial charge in [-0.1, -0.05) is 6.08 Å². The van der Waals surface area contributed by atoms with Gasteiger partial charge < -0.3 is 15.2 Å². The number of hydrogen-bond acceptors (Lipinski definition) is 3. The average Bonchev–Trinajstić information content (AvgIpc) is 2.64. The second kappa shape index (κ2) is 2.97. The molecule has 0 fully saturated rings. The lowest BCUT2D eigenvalue weighted by atomic mass is 9.84. The lowest BCUT2D eigenvalue weighted by molar-refractivity contribution is 0.109. The van der Waals surface area contributed by atoms with E-state index in [2.05, 4.69) is 9.97 Å². The molecule has 0 aliphatic heterocycles. The molecule has 4 heteroatoms. The summed E-state index contributed by atoms with van der Waals surface area (Å²) in [6.07, 6.45) is 6.05. The van der Waals surface area contributed by atoms with Crippen LogP contribution in [-0.2, 0) is 0 Å². The minimum Gasteiger partial charge on any atom is -0.395 e. The van der Waals surface area contributed by atoms with Crippen molar-refractivity contribution in [2.45, 2.75) is 6.42 Å². The van der Waals surface area contributed by atoms with E-state index < -0.39 is 5.41 Å². The third kappa shape index (κ3) is 1.28. The number of imidazole rings is 1. The van der Waals surface area contributed by atoms with Crippen LogP contribution in [0.1, 0.15) is 6.42 Å². The standard InChI is InChI=1S/C9H12N2O2/c12-4-9(5-13)2-1-7-8(3-9)11-6-10-7/h1,3,6,12-13H,2,4-5H2,(H,10,11). The van der Waals surface area contributed by atoms with Crippen molar-refractivity contribution in [2.75, 3.05) is 13.2 Å². The average molecular weight is 180 g/mol. The molecule has 1 aromatic heterocycles. The fourth-order valence-electron chi connectivity index (χ4n) is 1.52. The monoisotopic (exact) mass is 180 g/mol. The fraction of sp³-hybridized carbons (Fsp3) is 0.444. The molecule has 1 aromatic rings. The van der Waals surface area contributed by atoms with Gasteiger partial charge in [0, 0.05) is 5.41 Å². The van der Waals surface area contributed by atoms with E-state index in [-0.39, 0.29) is 13.2 Å². The number of fused-ring (bicyclic) bond motifs is 1. The normalized spacial score (nSPS) is 18.6. The summed E-state index contributed by atoms with van der Waals surface area (Å²) in [5.74, 6) is 0. The molecule has 1 aliphatic carbocycles. The Bertz CT molecular complexity index is 403. The predicted molar refractivity (Wildman–Crippen MR) is 48.0 cm³/mol. The quantitative estimate of drug-likeness (QED) is 0.510. The molecular formula is C9H12N2O2. The van der Waals surface area contributed by atoms with Gasteiger partial charge in [0.05, 0.1) is 30.2 Å². The summed E-state index contributed by atoms with van der Waals surface area (Å²) in [5.41, 5.74) is -0.526. The van der Waals surface area contributed by atoms with Gasteiger partial charge in [-0.25, -0.2) is 4.98 Å². The number of nitrogens with zero attached hydrogens (tertiary/aromatic N) is 1. The third-order valence-corrected chi connectivity index (χ3v) is 2.49. The molecule has 0 unspecified atom stereocenters. The van der Waals surface area contributed by atoms with E-state index >= 15 is 0 Å². The van der Waals surface area contributed by atoms with E-state index in [1.165, 1.54) is 0 Å². The molecule has 0 amide bonds. The van der Waals surface area contributed by atoms with Gasteiger partial charge >= 0.3 is 0 Å². The van der Waals surface area contributed by atoms with Crippen LogP contribution in [0.25, 0.3) is 12.2 Å². The number of aliphatic hydroxyl groups excluding tert-OH is 2.